The van der Waals surface area contributed by atoms with Gasteiger partial charge < -0.3 is 14.6 Å². The van der Waals surface area contributed by atoms with Gasteiger partial charge >= 0.3 is 5.69 Å². The van der Waals surface area contributed by atoms with E-state index in [0.29, 0.717) is 38.1 Å². The number of pyridine rings is 1. The van der Waals surface area contributed by atoms with Gasteiger partial charge in [-0.1, -0.05) is 30.3 Å². The fourth-order valence-corrected chi connectivity index (χ4v) is 4.18. The molecule has 2 amide bonds. The van der Waals surface area contributed by atoms with Gasteiger partial charge in [0.05, 0.1) is 6.26 Å². The summed E-state index contributed by atoms with van der Waals surface area (Å²) in [4.78, 5) is 40.0. The fourth-order valence-electron chi connectivity index (χ4n) is 4.18. The highest BCUT2D eigenvalue weighted by Crippen LogP contribution is 2.25. The van der Waals surface area contributed by atoms with Crippen LogP contribution in [0.5, 0.6) is 0 Å². The highest BCUT2D eigenvalue weighted by Gasteiger charge is 2.35. The molecule has 0 saturated carbocycles. The summed E-state index contributed by atoms with van der Waals surface area (Å²) in [5.74, 6) is -0.337. The lowest BCUT2D eigenvalue weighted by Crippen LogP contribution is -2.52. The second-order valence-electron chi connectivity index (χ2n) is 7.98. The van der Waals surface area contributed by atoms with Gasteiger partial charge in [-0.2, -0.15) is 0 Å². The zero-order valence-electron chi connectivity index (χ0n) is 17.9. The van der Waals surface area contributed by atoms with Gasteiger partial charge in [0.15, 0.2) is 11.4 Å². The van der Waals surface area contributed by atoms with Gasteiger partial charge in [-0.25, -0.2) is 9.48 Å². The van der Waals surface area contributed by atoms with Crippen molar-refractivity contribution < 1.29 is 14.0 Å². The summed E-state index contributed by atoms with van der Waals surface area (Å²) in [6, 6.07) is 15.8. The van der Waals surface area contributed by atoms with Crippen LogP contribution in [-0.2, 0) is 24.3 Å². The smallest absolute Gasteiger partial charge is 0.350 e. The number of rotatable bonds is 6. The topological polar surface area (TPSA) is 102 Å². The van der Waals surface area contributed by atoms with Crippen molar-refractivity contribution in [3.63, 3.8) is 0 Å². The van der Waals surface area contributed by atoms with Crippen molar-refractivity contribution in [3.8, 4) is 0 Å². The van der Waals surface area contributed by atoms with E-state index >= 15 is 0 Å². The zero-order valence-corrected chi connectivity index (χ0v) is 17.9. The first-order valence-corrected chi connectivity index (χ1v) is 10.8. The van der Waals surface area contributed by atoms with E-state index in [1.807, 2.05) is 30.3 Å². The monoisotopic (exact) mass is 445 g/mol. The first kappa shape index (κ1) is 20.7. The third kappa shape index (κ3) is 4.05. The lowest BCUT2D eigenvalue weighted by Gasteiger charge is -2.35. The maximum atomic E-state index is 13.1. The van der Waals surface area contributed by atoms with Crippen molar-refractivity contribution in [1.82, 2.24) is 24.4 Å². The number of nitrogens with one attached hydrogen (secondary N) is 1. The van der Waals surface area contributed by atoms with Gasteiger partial charge in [0.25, 0.3) is 5.91 Å². The minimum atomic E-state index is -0.643. The zero-order chi connectivity index (χ0) is 22.8. The van der Waals surface area contributed by atoms with Crippen LogP contribution in [0, 0.1) is 0 Å². The van der Waals surface area contributed by atoms with Gasteiger partial charge in [-0.15, -0.1) is 5.10 Å². The van der Waals surface area contributed by atoms with Crippen LogP contribution in [0.15, 0.2) is 76.3 Å². The molecule has 4 heterocycles. The number of hydrogen-bond acceptors (Lipinski definition) is 5. The average molecular weight is 445 g/mol. The Morgan fingerprint density at radius 1 is 1.06 bits per heavy atom. The highest BCUT2D eigenvalue weighted by molar-refractivity contribution is 5.96. The largest absolute Gasteiger partial charge is 0.459 e. The Balaban J connectivity index is 1.26. The van der Waals surface area contributed by atoms with Crippen LogP contribution in [0.3, 0.4) is 0 Å². The second-order valence-corrected chi connectivity index (χ2v) is 7.98. The van der Waals surface area contributed by atoms with E-state index < -0.39 is 6.04 Å². The molecule has 0 spiro atoms. The fraction of sp³-hybridized carbons (Fsp3) is 0.250. The van der Waals surface area contributed by atoms with E-state index in [-0.39, 0.29) is 23.3 Å². The van der Waals surface area contributed by atoms with Crippen LogP contribution in [0.4, 0.5) is 0 Å². The number of furan rings is 1. The summed E-state index contributed by atoms with van der Waals surface area (Å²) in [7, 11) is 0. The number of amides is 2. The third-order valence-electron chi connectivity index (χ3n) is 5.88. The Labute approximate surface area is 189 Å². The van der Waals surface area contributed by atoms with E-state index in [1.165, 1.54) is 15.3 Å². The maximum absolute atomic E-state index is 13.1. The van der Waals surface area contributed by atoms with Crippen molar-refractivity contribution in [2.75, 3.05) is 6.54 Å². The van der Waals surface area contributed by atoms with Crippen molar-refractivity contribution >= 4 is 17.5 Å². The molecule has 1 aromatic carbocycles. The molecule has 1 aliphatic rings. The number of benzene rings is 1. The summed E-state index contributed by atoms with van der Waals surface area (Å²) in [5.41, 5.74) is 2.44. The quantitative estimate of drug-likeness (QED) is 0.457. The Hall–Kier alpha value is -4.14. The molecule has 1 unspecified atom stereocenters. The molecule has 33 heavy (non-hydrogen) atoms. The normalized spacial score (nSPS) is 15.4. The minimum Gasteiger partial charge on any atom is -0.459 e. The number of aromatic nitrogens is 3. The molecule has 4 aromatic rings. The lowest BCUT2D eigenvalue weighted by atomic mass is 9.93. The molecule has 0 saturated heterocycles. The van der Waals surface area contributed by atoms with Crippen molar-refractivity contribution in [2.24, 2.45) is 0 Å². The van der Waals surface area contributed by atoms with E-state index in [0.717, 1.165) is 11.1 Å². The molecule has 9 heteroatoms. The number of hydrogen-bond donors (Lipinski definition) is 1. The molecule has 1 atom stereocenters. The number of carbonyl (C=O) groups excluding carboxylic acids is 2. The third-order valence-corrected chi connectivity index (χ3v) is 5.88. The number of aryl methyl sites for hydroxylation is 1. The van der Waals surface area contributed by atoms with Crippen molar-refractivity contribution in [2.45, 2.75) is 32.0 Å². The summed E-state index contributed by atoms with van der Waals surface area (Å²) >= 11 is 0. The molecule has 0 radical (unpaired) electrons. The molecular weight excluding hydrogens is 422 g/mol. The number of carbonyl (C=O) groups is 2. The number of fused-ring (bicyclic) bond motifs is 2. The van der Waals surface area contributed by atoms with Crippen LogP contribution >= 0.6 is 0 Å². The van der Waals surface area contributed by atoms with Gasteiger partial charge in [0.1, 0.15) is 6.04 Å². The first-order valence-electron chi connectivity index (χ1n) is 10.8. The van der Waals surface area contributed by atoms with Gasteiger partial charge in [0, 0.05) is 32.3 Å². The highest BCUT2D eigenvalue weighted by atomic mass is 16.3. The van der Waals surface area contributed by atoms with Crippen LogP contribution in [0.1, 0.15) is 28.1 Å². The van der Waals surface area contributed by atoms with Gasteiger partial charge in [-0.3, -0.25) is 14.0 Å². The van der Waals surface area contributed by atoms with E-state index in [4.69, 9.17) is 4.42 Å². The molecule has 0 bridgehead atoms. The van der Waals surface area contributed by atoms with E-state index in [9.17, 15) is 14.4 Å². The number of nitrogens with zero attached hydrogens (tertiary/aromatic N) is 4. The summed E-state index contributed by atoms with van der Waals surface area (Å²) in [6.45, 7) is 1.08. The Morgan fingerprint density at radius 3 is 2.67 bits per heavy atom. The van der Waals surface area contributed by atoms with Gasteiger partial charge in [-0.05, 0) is 41.8 Å². The van der Waals surface area contributed by atoms with Crippen LogP contribution in [-0.4, -0.2) is 43.5 Å². The molecular formula is C24H23N5O4. The molecule has 5 rings (SSSR count). The predicted molar refractivity (Wildman–Crippen MR) is 120 cm³/mol. The SMILES string of the molecule is O=C(NCCCn1nc2ccccn2c1=O)C1Cc2ccccc2CN1C(=O)c1ccco1. The van der Waals surface area contributed by atoms with Crippen LogP contribution < -0.4 is 11.0 Å². The van der Waals surface area contributed by atoms with E-state index in [1.54, 1.807) is 35.4 Å². The van der Waals surface area contributed by atoms with Crippen LogP contribution in [0.25, 0.3) is 5.65 Å². The van der Waals surface area contributed by atoms with Crippen molar-refractivity contribution in [1.29, 1.82) is 0 Å². The van der Waals surface area contributed by atoms with Crippen LogP contribution in [0.2, 0.25) is 0 Å². The first-order chi connectivity index (χ1) is 16.1. The Morgan fingerprint density at radius 2 is 1.88 bits per heavy atom. The molecule has 168 valence electrons. The molecule has 3 aromatic heterocycles. The molecule has 1 N–H and O–H groups in total. The lowest BCUT2D eigenvalue weighted by molar-refractivity contribution is -0.126. The second kappa shape index (κ2) is 8.78. The molecule has 9 nitrogen and oxygen atoms in total. The van der Waals surface area contributed by atoms with E-state index in [2.05, 4.69) is 10.4 Å². The molecule has 0 aliphatic carbocycles. The predicted octanol–water partition coefficient (Wildman–Crippen LogP) is 1.86. The van der Waals surface area contributed by atoms with Crippen molar-refractivity contribution in [3.05, 3.63) is 94.4 Å². The Kier molecular flexibility index (Phi) is 5.52. The standard InChI is InChI=1S/C24H23N5O4/c30-22(25-11-6-13-29-24(32)27-12-4-3-10-21(27)26-29)19-15-17-7-1-2-8-18(17)16-28(19)23(31)20-9-5-14-33-20/h1-5,7-10,12,14,19H,6,11,13,15-16H2,(H,25,30). The summed E-state index contributed by atoms with van der Waals surface area (Å²) < 4.78 is 8.16. The minimum absolute atomic E-state index is 0.207. The average Bonchev–Trinajstić information content (AvgIpc) is 3.49. The van der Waals surface area contributed by atoms with Gasteiger partial charge in [0.2, 0.25) is 5.91 Å². The maximum Gasteiger partial charge on any atom is 0.350 e. The molecule has 1 aliphatic heterocycles. The molecule has 0 fully saturated rings. The summed E-state index contributed by atoms with van der Waals surface area (Å²) in [6.07, 6.45) is 4.08. The summed E-state index contributed by atoms with van der Waals surface area (Å²) in [5, 5.41) is 7.22. The Bertz CT molecular complexity index is 1350.